The van der Waals surface area contributed by atoms with E-state index in [4.69, 9.17) is 0 Å². The molecule has 1 aromatic heterocycles. The maximum atomic E-state index is 10.5. The molecule has 1 heterocycles. The summed E-state index contributed by atoms with van der Waals surface area (Å²) < 4.78 is 0. The third-order valence-electron chi connectivity index (χ3n) is 1.25. The Morgan fingerprint density at radius 3 is 2.45 bits per heavy atom. The Labute approximate surface area is 114 Å². The van der Waals surface area contributed by atoms with Crippen molar-refractivity contribution in [2.45, 2.75) is 19.8 Å². The van der Waals surface area contributed by atoms with Gasteiger partial charge in [-0.15, -0.1) is 0 Å². The normalized spacial score (nSPS) is 9.36. The smallest absolute Gasteiger partial charge is 0.541 e. The zero-order valence-corrected chi connectivity index (χ0v) is 12.0. The molecule has 3 nitrogen and oxygen atoms in total. The molecule has 0 aliphatic rings. The fourth-order valence-electron chi connectivity index (χ4n) is 0.638. The van der Waals surface area contributed by atoms with Crippen LogP contribution in [0, 0.1) is 0 Å². The SMILES string of the molecule is CC(C)c1ccc(=O)[n-]n1.[Rb+]. The van der Waals surface area contributed by atoms with Crippen molar-refractivity contribution < 1.29 is 58.2 Å². The summed E-state index contributed by atoms with van der Waals surface area (Å²) in [5.41, 5.74) is 0.587. The average Bonchev–Trinajstić information content (AvgIpc) is 1.88. The first-order chi connectivity index (χ1) is 4.70. The van der Waals surface area contributed by atoms with E-state index in [2.05, 4.69) is 10.2 Å². The van der Waals surface area contributed by atoms with E-state index in [-0.39, 0.29) is 63.7 Å². The van der Waals surface area contributed by atoms with E-state index in [1.807, 2.05) is 13.8 Å². The van der Waals surface area contributed by atoms with Gasteiger partial charge in [0.05, 0.1) is 5.56 Å². The summed E-state index contributed by atoms with van der Waals surface area (Å²) in [4.78, 5) is 10.5. The van der Waals surface area contributed by atoms with Crippen LogP contribution in [0.5, 0.6) is 0 Å². The molecular formula is C7H9N2ORb. The van der Waals surface area contributed by atoms with Crippen molar-refractivity contribution >= 4 is 0 Å². The van der Waals surface area contributed by atoms with Gasteiger partial charge in [-0.05, 0) is 18.1 Å². The van der Waals surface area contributed by atoms with Gasteiger partial charge in [0.1, 0.15) is 0 Å². The second-order valence-electron chi connectivity index (χ2n) is 2.45. The second-order valence-corrected chi connectivity index (χ2v) is 2.45. The van der Waals surface area contributed by atoms with Gasteiger partial charge in [0.25, 0.3) is 0 Å². The molecule has 0 N–H and O–H groups in total. The minimum Gasteiger partial charge on any atom is -0.541 e. The van der Waals surface area contributed by atoms with E-state index in [9.17, 15) is 4.79 Å². The first-order valence-corrected chi connectivity index (χ1v) is 3.21. The van der Waals surface area contributed by atoms with E-state index < -0.39 is 0 Å². The Bertz CT molecular complexity index is 249. The molecule has 0 spiro atoms. The summed E-state index contributed by atoms with van der Waals surface area (Å²) in [6, 6.07) is 3.14. The van der Waals surface area contributed by atoms with Gasteiger partial charge in [-0.25, -0.2) is 0 Å². The average molecular weight is 223 g/mol. The van der Waals surface area contributed by atoms with Crippen molar-refractivity contribution in [3.05, 3.63) is 28.2 Å². The monoisotopic (exact) mass is 222 g/mol. The number of aromatic nitrogens is 2. The Hall–Kier alpha value is 0.685. The molecule has 0 saturated heterocycles. The molecule has 1 rings (SSSR count). The van der Waals surface area contributed by atoms with Crippen molar-refractivity contribution in [1.82, 2.24) is 10.2 Å². The predicted molar refractivity (Wildman–Crippen MR) is 37.9 cm³/mol. The van der Waals surface area contributed by atoms with Crippen LogP contribution in [0.25, 0.3) is 0 Å². The van der Waals surface area contributed by atoms with Crippen molar-refractivity contribution in [1.29, 1.82) is 0 Å². The van der Waals surface area contributed by atoms with Gasteiger partial charge >= 0.3 is 58.2 Å². The van der Waals surface area contributed by atoms with E-state index in [1.165, 1.54) is 6.07 Å². The first kappa shape index (κ1) is 11.7. The summed E-state index contributed by atoms with van der Waals surface area (Å²) in [7, 11) is 0. The molecule has 1 aromatic rings. The Balaban J connectivity index is 0.000001000. The van der Waals surface area contributed by atoms with E-state index in [1.54, 1.807) is 6.07 Å². The molecule has 0 unspecified atom stereocenters. The third kappa shape index (κ3) is 3.74. The van der Waals surface area contributed by atoms with Crippen LogP contribution in [0.4, 0.5) is 0 Å². The molecular weight excluding hydrogens is 214 g/mol. The van der Waals surface area contributed by atoms with Crippen molar-refractivity contribution in [2.24, 2.45) is 0 Å². The largest absolute Gasteiger partial charge is 1.00 e. The van der Waals surface area contributed by atoms with E-state index >= 15 is 0 Å². The molecule has 0 bridgehead atoms. The fourth-order valence-corrected chi connectivity index (χ4v) is 0.638. The molecule has 0 radical (unpaired) electrons. The topological polar surface area (TPSA) is 44.1 Å². The zero-order valence-electron chi connectivity index (χ0n) is 7.03. The van der Waals surface area contributed by atoms with Crippen LogP contribution in [-0.4, -0.2) is 5.10 Å². The number of rotatable bonds is 1. The van der Waals surface area contributed by atoms with Crippen LogP contribution >= 0.6 is 0 Å². The minimum atomic E-state index is -0.274. The maximum Gasteiger partial charge on any atom is 1.00 e. The van der Waals surface area contributed by atoms with E-state index in [0.29, 0.717) is 5.92 Å². The second kappa shape index (κ2) is 5.35. The molecule has 0 aromatic carbocycles. The van der Waals surface area contributed by atoms with Gasteiger partial charge in [0.15, 0.2) is 0 Å². The molecule has 0 aliphatic carbocycles. The van der Waals surface area contributed by atoms with Crippen LogP contribution in [-0.2, 0) is 0 Å². The fraction of sp³-hybridized carbons (Fsp3) is 0.429. The van der Waals surface area contributed by atoms with Gasteiger partial charge in [-0.1, -0.05) is 13.8 Å². The Morgan fingerprint density at radius 1 is 1.45 bits per heavy atom. The molecule has 0 fully saturated rings. The van der Waals surface area contributed by atoms with Gasteiger partial charge < -0.3 is 15.0 Å². The summed E-state index contributed by atoms with van der Waals surface area (Å²) >= 11 is 0. The summed E-state index contributed by atoms with van der Waals surface area (Å²) in [5, 5.41) is 7.11. The molecule has 0 aliphatic heterocycles. The Morgan fingerprint density at radius 2 is 2.09 bits per heavy atom. The molecule has 0 amide bonds. The molecule has 0 atom stereocenters. The van der Waals surface area contributed by atoms with Crippen molar-refractivity contribution in [3.63, 3.8) is 0 Å². The van der Waals surface area contributed by atoms with Gasteiger partial charge in [0.2, 0.25) is 0 Å². The maximum absolute atomic E-state index is 10.5. The van der Waals surface area contributed by atoms with Gasteiger partial charge in [-0.3, -0.25) is 0 Å². The van der Waals surface area contributed by atoms with Crippen LogP contribution in [0.3, 0.4) is 0 Å². The zero-order chi connectivity index (χ0) is 7.56. The van der Waals surface area contributed by atoms with Crippen LogP contribution in [0.15, 0.2) is 16.9 Å². The summed E-state index contributed by atoms with van der Waals surface area (Å²) in [6.45, 7) is 4.02. The van der Waals surface area contributed by atoms with Gasteiger partial charge in [0, 0.05) is 5.69 Å². The van der Waals surface area contributed by atoms with Gasteiger partial charge in [-0.2, -0.15) is 0 Å². The quantitative estimate of drug-likeness (QED) is 0.529. The standard InChI is InChI=1S/C7H10N2O.Rb/c1-5(2)6-3-4-7(10)9-8-6;/h3-5H,1-2H3,(H,9,10);/q;+1/p-1. The number of nitrogens with zero attached hydrogens (tertiary/aromatic N) is 2. The minimum absolute atomic E-state index is 0. The molecule has 0 saturated carbocycles. The summed E-state index contributed by atoms with van der Waals surface area (Å²) in [5.74, 6) is 0.341. The first-order valence-electron chi connectivity index (χ1n) is 3.21. The predicted octanol–water partition coefficient (Wildman–Crippen LogP) is -2.47. The molecule has 11 heavy (non-hydrogen) atoms. The third-order valence-corrected chi connectivity index (χ3v) is 1.25. The van der Waals surface area contributed by atoms with E-state index in [0.717, 1.165) is 5.69 Å². The van der Waals surface area contributed by atoms with Crippen molar-refractivity contribution in [2.75, 3.05) is 0 Å². The Kier molecular flexibility index (Phi) is 5.69. The van der Waals surface area contributed by atoms with Crippen LogP contribution < -0.4 is 68.8 Å². The number of hydrogen-bond acceptors (Lipinski definition) is 2. The van der Waals surface area contributed by atoms with Crippen LogP contribution in [0.2, 0.25) is 0 Å². The molecule has 54 valence electrons. The van der Waals surface area contributed by atoms with Crippen molar-refractivity contribution in [3.8, 4) is 0 Å². The number of hydrogen-bond donors (Lipinski definition) is 0. The van der Waals surface area contributed by atoms with Crippen LogP contribution in [0.1, 0.15) is 25.5 Å². The summed E-state index contributed by atoms with van der Waals surface area (Å²) in [6.07, 6.45) is 0. The molecule has 4 heteroatoms.